The molecule has 1 atom stereocenters. The summed E-state index contributed by atoms with van der Waals surface area (Å²) in [4.78, 5) is 23.4. The van der Waals surface area contributed by atoms with Gasteiger partial charge in [0, 0.05) is 30.8 Å². The Labute approximate surface area is 124 Å². The van der Waals surface area contributed by atoms with Crippen LogP contribution in [0.4, 0.5) is 5.69 Å². The van der Waals surface area contributed by atoms with Crippen molar-refractivity contribution < 1.29 is 14.8 Å². The monoisotopic (exact) mass is 294 g/mol. The number of aliphatic carboxylic acids is 1. The molecule has 0 aromatic heterocycles. The van der Waals surface area contributed by atoms with Gasteiger partial charge in [0.25, 0.3) is 5.69 Å². The summed E-state index contributed by atoms with van der Waals surface area (Å²) >= 11 is 0. The Balaban J connectivity index is 3.04. The van der Waals surface area contributed by atoms with Gasteiger partial charge in [0.05, 0.1) is 11.3 Å². The highest BCUT2D eigenvalue weighted by molar-refractivity contribution is 5.66. The summed E-state index contributed by atoms with van der Waals surface area (Å²) in [6.07, 6.45) is 0.822. The van der Waals surface area contributed by atoms with E-state index in [0.717, 1.165) is 12.0 Å². The molecular weight excluding hydrogens is 272 g/mol. The van der Waals surface area contributed by atoms with E-state index < -0.39 is 10.9 Å². The van der Waals surface area contributed by atoms with Crippen molar-refractivity contribution in [3.8, 4) is 0 Å². The topological polar surface area (TPSA) is 83.7 Å². The van der Waals surface area contributed by atoms with E-state index in [1.54, 1.807) is 12.1 Å². The van der Waals surface area contributed by atoms with Crippen LogP contribution in [0, 0.1) is 10.1 Å². The van der Waals surface area contributed by atoms with E-state index in [9.17, 15) is 14.9 Å². The first-order chi connectivity index (χ1) is 9.86. The molecule has 0 heterocycles. The summed E-state index contributed by atoms with van der Waals surface area (Å²) in [5, 5.41) is 19.8. The second kappa shape index (κ2) is 7.73. The van der Waals surface area contributed by atoms with Crippen LogP contribution >= 0.6 is 0 Å². The second-order valence-electron chi connectivity index (χ2n) is 5.25. The van der Waals surface area contributed by atoms with Crippen LogP contribution in [0.5, 0.6) is 0 Å². The average molecular weight is 294 g/mol. The second-order valence-corrected chi connectivity index (χ2v) is 5.25. The maximum Gasteiger partial charge on any atom is 0.304 e. The molecular formula is C15H22N2O4. The van der Waals surface area contributed by atoms with Crippen LogP contribution in [0.3, 0.4) is 0 Å². The number of non-ortho nitro benzene ring substituents is 1. The van der Waals surface area contributed by atoms with Crippen molar-refractivity contribution in [2.45, 2.75) is 45.7 Å². The molecule has 1 rings (SSSR count). The molecule has 1 aromatic rings. The Bertz CT molecular complexity index is 502. The van der Waals surface area contributed by atoms with Gasteiger partial charge in [-0.05, 0) is 25.8 Å². The third kappa shape index (κ3) is 4.82. The molecule has 0 aliphatic carbocycles. The number of nitrogens with zero attached hydrogens (tertiary/aromatic N) is 2. The van der Waals surface area contributed by atoms with E-state index in [0.29, 0.717) is 6.54 Å². The summed E-state index contributed by atoms with van der Waals surface area (Å²) in [5.74, 6) is -0.838. The molecule has 1 aromatic carbocycles. The number of rotatable bonds is 8. The van der Waals surface area contributed by atoms with Crippen molar-refractivity contribution in [2.75, 3.05) is 6.54 Å². The van der Waals surface area contributed by atoms with E-state index in [-0.39, 0.29) is 24.2 Å². The number of carboxylic acid groups (broad SMARTS) is 1. The number of nitro benzene ring substituents is 1. The zero-order valence-electron chi connectivity index (χ0n) is 12.7. The lowest BCUT2D eigenvalue weighted by Crippen LogP contribution is -2.36. The smallest absolute Gasteiger partial charge is 0.304 e. The summed E-state index contributed by atoms with van der Waals surface area (Å²) in [5.41, 5.74) is 0.915. The molecule has 21 heavy (non-hydrogen) atoms. The molecule has 0 aliphatic heterocycles. The molecule has 0 fully saturated rings. The zero-order chi connectivity index (χ0) is 16.0. The number of benzene rings is 1. The van der Waals surface area contributed by atoms with Gasteiger partial charge in [-0.25, -0.2) is 0 Å². The molecule has 0 saturated heterocycles. The molecule has 0 bridgehead atoms. The third-order valence-electron chi connectivity index (χ3n) is 3.50. The molecule has 0 radical (unpaired) electrons. The maximum atomic E-state index is 10.9. The van der Waals surface area contributed by atoms with Gasteiger partial charge in [-0.1, -0.05) is 19.1 Å². The van der Waals surface area contributed by atoms with Crippen LogP contribution in [0.1, 0.15) is 45.2 Å². The molecule has 6 nitrogen and oxygen atoms in total. The molecule has 0 aliphatic rings. The fraction of sp³-hybridized carbons (Fsp3) is 0.533. The molecule has 1 N–H and O–H groups in total. The Morgan fingerprint density at radius 2 is 2.10 bits per heavy atom. The summed E-state index contributed by atoms with van der Waals surface area (Å²) in [6.45, 7) is 6.43. The van der Waals surface area contributed by atoms with Gasteiger partial charge in [-0.2, -0.15) is 0 Å². The van der Waals surface area contributed by atoms with Gasteiger partial charge in [0.15, 0.2) is 0 Å². The quantitative estimate of drug-likeness (QED) is 0.588. The highest BCUT2D eigenvalue weighted by atomic mass is 16.6. The fourth-order valence-corrected chi connectivity index (χ4v) is 2.51. The third-order valence-corrected chi connectivity index (χ3v) is 3.50. The first-order valence-corrected chi connectivity index (χ1v) is 7.08. The molecule has 0 amide bonds. The van der Waals surface area contributed by atoms with E-state index in [4.69, 9.17) is 5.11 Å². The van der Waals surface area contributed by atoms with Crippen molar-refractivity contribution in [3.05, 3.63) is 39.9 Å². The number of hydrogen-bond donors (Lipinski definition) is 1. The predicted octanol–water partition coefficient (Wildman–Crippen LogP) is 3.23. The molecule has 1 unspecified atom stereocenters. The van der Waals surface area contributed by atoms with Crippen LogP contribution < -0.4 is 0 Å². The van der Waals surface area contributed by atoms with Gasteiger partial charge in [-0.15, -0.1) is 0 Å². The van der Waals surface area contributed by atoms with Gasteiger partial charge >= 0.3 is 5.97 Å². The van der Waals surface area contributed by atoms with Crippen LogP contribution in [0.15, 0.2) is 24.3 Å². The van der Waals surface area contributed by atoms with Crippen molar-refractivity contribution in [1.82, 2.24) is 4.90 Å². The van der Waals surface area contributed by atoms with Gasteiger partial charge in [0.2, 0.25) is 0 Å². The standard InChI is InChI=1S/C15H22N2O4/c1-4-14(16(11(2)3)9-8-15(18)19)12-6-5-7-13(10-12)17(20)21/h5-7,10-11,14H,4,8-9H2,1-3H3,(H,18,19). The van der Waals surface area contributed by atoms with Crippen molar-refractivity contribution in [3.63, 3.8) is 0 Å². The minimum absolute atomic E-state index is 0.0238. The van der Waals surface area contributed by atoms with E-state index in [2.05, 4.69) is 4.90 Å². The lowest BCUT2D eigenvalue weighted by molar-refractivity contribution is -0.385. The van der Waals surface area contributed by atoms with E-state index >= 15 is 0 Å². The van der Waals surface area contributed by atoms with Crippen LogP contribution in [-0.4, -0.2) is 33.5 Å². The van der Waals surface area contributed by atoms with Gasteiger partial charge in [-0.3, -0.25) is 19.8 Å². The minimum atomic E-state index is -0.838. The lowest BCUT2D eigenvalue weighted by Gasteiger charge is -2.34. The maximum absolute atomic E-state index is 10.9. The number of nitro groups is 1. The van der Waals surface area contributed by atoms with Gasteiger partial charge < -0.3 is 5.11 Å². The Kier molecular flexibility index (Phi) is 6.30. The molecule has 0 spiro atoms. The number of carboxylic acids is 1. The van der Waals surface area contributed by atoms with E-state index in [1.807, 2.05) is 26.8 Å². The first-order valence-electron chi connectivity index (χ1n) is 7.08. The molecule has 116 valence electrons. The van der Waals surface area contributed by atoms with Gasteiger partial charge in [0.1, 0.15) is 0 Å². The summed E-state index contributed by atoms with van der Waals surface area (Å²) < 4.78 is 0. The van der Waals surface area contributed by atoms with Crippen molar-refractivity contribution in [2.24, 2.45) is 0 Å². The summed E-state index contributed by atoms with van der Waals surface area (Å²) in [7, 11) is 0. The lowest BCUT2D eigenvalue weighted by atomic mass is 10.0. The Morgan fingerprint density at radius 3 is 2.57 bits per heavy atom. The Hall–Kier alpha value is -1.95. The summed E-state index contributed by atoms with van der Waals surface area (Å²) in [6, 6.07) is 6.71. The number of carbonyl (C=O) groups is 1. The predicted molar refractivity (Wildman–Crippen MR) is 80.2 cm³/mol. The van der Waals surface area contributed by atoms with Crippen molar-refractivity contribution >= 4 is 11.7 Å². The highest BCUT2D eigenvalue weighted by Crippen LogP contribution is 2.28. The van der Waals surface area contributed by atoms with Crippen molar-refractivity contribution in [1.29, 1.82) is 0 Å². The molecule has 6 heteroatoms. The zero-order valence-corrected chi connectivity index (χ0v) is 12.7. The van der Waals surface area contributed by atoms with Crippen LogP contribution in [0.25, 0.3) is 0 Å². The Morgan fingerprint density at radius 1 is 1.43 bits per heavy atom. The normalized spacial score (nSPS) is 12.6. The molecule has 0 saturated carbocycles. The first kappa shape index (κ1) is 17.1. The number of hydrogen-bond acceptors (Lipinski definition) is 4. The largest absolute Gasteiger partial charge is 0.481 e. The highest BCUT2D eigenvalue weighted by Gasteiger charge is 2.23. The average Bonchev–Trinajstić information content (AvgIpc) is 2.42. The fourth-order valence-electron chi connectivity index (χ4n) is 2.51. The van der Waals surface area contributed by atoms with E-state index in [1.165, 1.54) is 6.07 Å². The minimum Gasteiger partial charge on any atom is -0.481 e. The van der Waals surface area contributed by atoms with Crippen LogP contribution in [-0.2, 0) is 4.79 Å². The van der Waals surface area contributed by atoms with Crippen LogP contribution in [0.2, 0.25) is 0 Å². The SMILES string of the molecule is CCC(c1cccc([N+](=O)[O-])c1)N(CCC(=O)O)C(C)C.